The van der Waals surface area contributed by atoms with E-state index in [9.17, 15) is 22.8 Å². The Morgan fingerprint density at radius 1 is 1.09 bits per heavy atom. The van der Waals surface area contributed by atoms with E-state index >= 15 is 0 Å². The molecule has 11 heteroatoms. The average molecular weight is 506 g/mol. The van der Waals surface area contributed by atoms with E-state index in [0.717, 1.165) is 40.8 Å². The largest absolute Gasteiger partial charge is 0.350 e. The molecule has 0 aliphatic carbocycles. The van der Waals surface area contributed by atoms with Gasteiger partial charge in [0.25, 0.3) is 17.1 Å². The van der Waals surface area contributed by atoms with Crippen molar-refractivity contribution < 1.29 is 22.8 Å². The molecular weight excluding hydrogens is 482 g/mol. The number of benzene rings is 1. The zero-order valence-corrected chi connectivity index (χ0v) is 20.2. The first kappa shape index (κ1) is 23.7. The molecule has 33 heavy (non-hydrogen) atoms. The molecule has 2 fully saturated rings. The lowest BCUT2D eigenvalue weighted by atomic mass is 10.2. The van der Waals surface area contributed by atoms with Crippen molar-refractivity contribution in [3.05, 3.63) is 57.1 Å². The number of hydrogen-bond acceptors (Lipinski definition) is 7. The third-order valence-corrected chi connectivity index (χ3v) is 8.98. The van der Waals surface area contributed by atoms with Crippen molar-refractivity contribution in [2.75, 3.05) is 26.2 Å². The molecule has 1 aromatic carbocycles. The van der Waals surface area contributed by atoms with Gasteiger partial charge in [0.05, 0.1) is 9.80 Å². The first-order chi connectivity index (χ1) is 15.9. The number of thioether (sulfide) groups is 1. The van der Waals surface area contributed by atoms with Gasteiger partial charge in [0.15, 0.2) is 0 Å². The van der Waals surface area contributed by atoms with Crippen LogP contribution < -0.4 is 5.32 Å². The van der Waals surface area contributed by atoms with Crippen molar-refractivity contribution in [2.24, 2.45) is 0 Å². The second-order valence-electron chi connectivity index (χ2n) is 7.60. The number of amides is 3. The summed E-state index contributed by atoms with van der Waals surface area (Å²) in [7, 11) is -3.65. The Balaban J connectivity index is 1.36. The van der Waals surface area contributed by atoms with E-state index in [0.29, 0.717) is 18.0 Å². The van der Waals surface area contributed by atoms with Gasteiger partial charge in [0.2, 0.25) is 10.0 Å². The lowest BCUT2D eigenvalue weighted by molar-refractivity contribution is -0.122. The number of imide groups is 1. The number of sulfonamides is 1. The number of nitrogens with one attached hydrogen (secondary N) is 1. The SMILES string of the molecule is O=C(NCCN1C(=O)S/C(=C/c2cccs2)C1=O)c1cccc(S(=O)(=O)N2CCCCC2)c1. The highest BCUT2D eigenvalue weighted by atomic mass is 32.2. The third-order valence-electron chi connectivity index (χ3n) is 5.36. The van der Waals surface area contributed by atoms with E-state index in [2.05, 4.69) is 5.32 Å². The molecule has 8 nitrogen and oxygen atoms in total. The molecule has 0 bridgehead atoms. The molecule has 4 rings (SSSR count). The molecule has 0 unspecified atom stereocenters. The van der Waals surface area contributed by atoms with Gasteiger partial charge in [-0.1, -0.05) is 18.6 Å². The summed E-state index contributed by atoms with van der Waals surface area (Å²) in [5.74, 6) is -0.853. The summed E-state index contributed by atoms with van der Waals surface area (Å²) in [4.78, 5) is 39.8. The van der Waals surface area contributed by atoms with Gasteiger partial charge >= 0.3 is 0 Å². The van der Waals surface area contributed by atoms with Crippen molar-refractivity contribution in [3.8, 4) is 0 Å². The van der Waals surface area contributed by atoms with Gasteiger partial charge in [-0.2, -0.15) is 4.31 Å². The van der Waals surface area contributed by atoms with Crippen molar-refractivity contribution in [1.29, 1.82) is 0 Å². The molecule has 1 aromatic heterocycles. The molecule has 3 heterocycles. The smallest absolute Gasteiger partial charge is 0.293 e. The van der Waals surface area contributed by atoms with Gasteiger partial charge in [-0.15, -0.1) is 11.3 Å². The quantitative estimate of drug-likeness (QED) is 0.579. The number of rotatable bonds is 7. The zero-order valence-electron chi connectivity index (χ0n) is 17.7. The highest BCUT2D eigenvalue weighted by Crippen LogP contribution is 2.32. The van der Waals surface area contributed by atoms with Crippen molar-refractivity contribution in [1.82, 2.24) is 14.5 Å². The minimum absolute atomic E-state index is 0.0317. The average Bonchev–Trinajstić information content (AvgIpc) is 3.43. The fourth-order valence-electron chi connectivity index (χ4n) is 3.63. The van der Waals surface area contributed by atoms with Gasteiger partial charge in [-0.25, -0.2) is 8.42 Å². The molecule has 0 saturated carbocycles. The maximum Gasteiger partial charge on any atom is 0.293 e. The molecule has 1 N–H and O–H groups in total. The van der Waals surface area contributed by atoms with Gasteiger partial charge in [-0.05, 0) is 60.3 Å². The van der Waals surface area contributed by atoms with Crippen LogP contribution in [0.3, 0.4) is 0 Å². The molecule has 3 amide bonds. The van der Waals surface area contributed by atoms with Crippen LogP contribution in [-0.2, 0) is 14.8 Å². The molecule has 2 aromatic rings. The summed E-state index contributed by atoms with van der Waals surface area (Å²) in [6.45, 7) is 1.06. The van der Waals surface area contributed by atoms with Crippen LogP contribution in [0.2, 0.25) is 0 Å². The van der Waals surface area contributed by atoms with E-state index in [1.807, 2.05) is 17.5 Å². The van der Waals surface area contributed by atoms with Crippen molar-refractivity contribution in [2.45, 2.75) is 24.2 Å². The minimum Gasteiger partial charge on any atom is -0.350 e. The topological polar surface area (TPSA) is 104 Å². The summed E-state index contributed by atoms with van der Waals surface area (Å²) in [5.41, 5.74) is 0.208. The van der Waals surface area contributed by atoms with E-state index in [1.165, 1.54) is 39.9 Å². The summed E-state index contributed by atoms with van der Waals surface area (Å²) in [5, 5.41) is 4.17. The maximum absolute atomic E-state index is 12.9. The lowest BCUT2D eigenvalue weighted by Gasteiger charge is -2.26. The van der Waals surface area contributed by atoms with E-state index in [1.54, 1.807) is 6.08 Å². The lowest BCUT2D eigenvalue weighted by Crippen LogP contribution is -2.37. The molecule has 0 spiro atoms. The summed E-state index contributed by atoms with van der Waals surface area (Å²) in [6.07, 6.45) is 4.36. The predicted octanol–water partition coefficient (Wildman–Crippen LogP) is 3.39. The number of hydrogen-bond donors (Lipinski definition) is 1. The van der Waals surface area contributed by atoms with E-state index < -0.39 is 15.9 Å². The number of thiophene rings is 1. The van der Waals surface area contributed by atoms with E-state index in [-0.39, 0.29) is 34.7 Å². The second-order valence-corrected chi connectivity index (χ2v) is 11.5. The van der Waals surface area contributed by atoms with Crippen LogP contribution in [0.15, 0.2) is 51.6 Å². The first-order valence-electron chi connectivity index (χ1n) is 10.5. The van der Waals surface area contributed by atoms with E-state index in [4.69, 9.17) is 0 Å². The third kappa shape index (κ3) is 5.37. The molecule has 2 aliphatic heterocycles. The first-order valence-corrected chi connectivity index (χ1v) is 13.7. The normalized spacial score (nSPS) is 18.8. The van der Waals surface area contributed by atoms with Crippen LogP contribution in [-0.4, -0.2) is 60.9 Å². The van der Waals surface area contributed by atoms with Gasteiger partial charge < -0.3 is 5.32 Å². The minimum atomic E-state index is -3.65. The van der Waals surface area contributed by atoms with Crippen LogP contribution in [0.1, 0.15) is 34.5 Å². The molecule has 0 atom stereocenters. The molecule has 2 saturated heterocycles. The highest BCUT2D eigenvalue weighted by Gasteiger charge is 2.34. The molecule has 2 aliphatic rings. The Bertz CT molecular complexity index is 1190. The standard InChI is InChI=1S/C22H23N3O5S3/c26-20(16-6-4-8-18(14-16)33(29,30)24-10-2-1-3-11-24)23-9-12-25-21(27)19(32-22(25)28)15-17-7-5-13-31-17/h4-8,13-15H,1-3,9-12H2,(H,23,26)/b19-15+. The van der Waals surface area contributed by atoms with Gasteiger partial charge in [0.1, 0.15) is 0 Å². The molecule has 0 radical (unpaired) electrons. The number of nitrogens with zero attached hydrogens (tertiary/aromatic N) is 2. The summed E-state index contributed by atoms with van der Waals surface area (Å²) < 4.78 is 27.2. The highest BCUT2D eigenvalue weighted by molar-refractivity contribution is 8.18. The molecule has 174 valence electrons. The Morgan fingerprint density at radius 3 is 2.61 bits per heavy atom. The zero-order chi connectivity index (χ0) is 23.4. The maximum atomic E-state index is 12.9. The van der Waals surface area contributed by atoms with Crippen LogP contribution in [0.25, 0.3) is 6.08 Å². The number of carbonyl (C=O) groups excluding carboxylic acids is 3. The second kappa shape index (κ2) is 10.2. The summed E-state index contributed by atoms with van der Waals surface area (Å²) >= 11 is 2.35. The Hall–Kier alpha value is -2.47. The van der Waals surface area contributed by atoms with Gasteiger partial charge in [-0.3, -0.25) is 19.3 Å². The fraction of sp³-hybridized carbons (Fsp3) is 0.318. The predicted molar refractivity (Wildman–Crippen MR) is 128 cm³/mol. The van der Waals surface area contributed by atoms with Crippen LogP contribution in [0, 0.1) is 0 Å². The van der Waals surface area contributed by atoms with Crippen LogP contribution >= 0.6 is 23.1 Å². The number of carbonyl (C=O) groups is 3. The fourth-order valence-corrected chi connectivity index (χ4v) is 6.78. The Kier molecular flexibility index (Phi) is 7.32. The Labute approximate surface area is 200 Å². The van der Waals surface area contributed by atoms with Crippen LogP contribution in [0.4, 0.5) is 4.79 Å². The Morgan fingerprint density at radius 2 is 1.88 bits per heavy atom. The number of piperidine rings is 1. The van der Waals surface area contributed by atoms with Gasteiger partial charge in [0, 0.05) is 36.6 Å². The monoisotopic (exact) mass is 505 g/mol. The van der Waals surface area contributed by atoms with Crippen molar-refractivity contribution in [3.63, 3.8) is 0 Å². The summed E-state index contributed by atoms with van der Waals surface area (Å²) in [6, 6.07) is 9.65. The molecular formula is C22H23N3O5S3. The van der Waals surface area contributed by atoms with Crippen molar-refractivity contribution >= 4 is 56.3 Å². The van der Waals surface area contributed by atoms with Crippen LogP contribution in [0.5, 0.6) is 0 Å².